The molecular formula is C16H19FN2O4. The second-order valence-electron chi connectivity index (χ2n) is 5.79. The summed E-state index contributed by atoms with van der Waals surface area (Å²) in [7, 11) is 0. The zero-order chi connectivity index (χ0) is 17.2. The first-order chi connectivity index (χ1) is 10.8. The molecule has 2 N–H and O–H groups in total. The van der Waals surface area contributed by atoms with E-state index in [0.29, 0.717) is 18.7 Å². The number of carboxylic acids is 1. The Morgan fingerprint density at radius 1 is 1.39 bits per heavy atom. The molecule has 2 rings (SSSR count). The lowest BCUT2D eigenvalue weighted by Gasteiger charge is -2.26. The van der Waals surface area contributed by atoms with E-state index in [1.165, 1.54) is 36.1 Å². The van der Waals surface area contributed by atoms with Crippen molar-refractivity contribution in [3.63, 3.8) is 0 Å². The molecule has 124 valence electrons. The molecule has 1 heterocycles. The van der Waals surface area contributed by atoms with Crippen molar-refractivity contribution in [2.75, 3.05) is 11.4 Å². The van der Waals surface area contributed by atoms with Crippen LogP contribution in [-0.2, 0) is 14.4 Å². The van der Waals surface area contributed by atoms with Crippen LogP contribution in [0.1, 0.15) is 26.7 Å². The minimum absolute atomic E-state index is 0.205. The van der Waals surface area contributed by atoms with Crippen molar-refractivity contribution in [2.24, 2.45) is 5.92 Å². The fourth-order valence-electron chi connectivity index (χ4n) is 2.45. The van der Waals surface area contributed by atoms with Gasteiger partial charge in [0.15, 0.2) is 0 Å². The molecule has 1 aliphatic rings. The normalized spacial score (nSPS) is 20.2. The zero-order valence-electron chi connectivity index (χ0n) is 13.0. The highest BCUT2D eigenvalue weighted by atomic mass is 19.1. The summed E-state index contributed by atoms with van der Waals surface area (Å²) in [4.78, 5) is 37.4. The van der Waals surface area contributed by atoms with E-state index in [0.717, 1.165) is 0 Å². The second kappa shape index (κ2) is 6.36. The number of anilines is 1. The predicted molar refractivity (Wildman–Crippen MR) is 81.3 cm³/mol. The molecule has 2 unspecified atom stereocenters. The number of carbonyl (C=O) groups excluding carboxylic acids is 2. The summed E-state index contributed by atoms with van der Waals surface area (Å²) in [5.74, 6) is -3.47. The van der Waals surface area contributed by atoms with Crippen LogP contribution >= 0.6 is 0 Å². The molecule has 1 aliphatic heterocycles. The monoisotopic (exact) mass is 322 g/mol. The highest BCUT2D eigenvalue weighted by Gasteiger charge is 2.41. The Bertz CT molecular complexity index is 631. The smallest absolute Gasteiger partial charge is 0.329 e. The number of nitrogens with zero attached hydrogens (tertiary/aromatic N) is 1. The fraction of sp³-hybridized carbons (Fsp3) is 0.438. The number of rotatable bonds is 5. The lowest BCUT2D eigenvalue weighted by Crippen LogP contribution is -2.54. The molecule has 1 aromatic rings. The zero-order valence-corrected chi connectivity index (χ0v) is 13.0. The van der Waals surface area contributed by atoms with Crippen molar-refractivity contribution in [2.45, 2.75) is 32.2 Å². The van der Waals surface area contributed by atoms with Crippen LogP contribution in [0.4, 0.5) is 10.1 Å². The Hall–Kier alpha value is -2.44. The molecule has 0 bridgehead atoms. The van der Waals surface area contributed by atoms with E-state index in [2.05, 4.69) is 5.32 Å². The Kier molecular flexibility index (Phi) is 4.68. The maximum atomic E-state index is 13.0. The van der Waals surface area contributed by atoms with Gasteiger partial charge in [-0.1, -0.05) is 6.92 Å². The third-order valence-corrected chi connectivity index (χ3v) is 4.24. The van der Waals surface area contributed by atoms with Gasteiger partial charge in [0, 0.05) is 12.2 Å². The molecule has 1 saturated heterocycles. The Morgan fingerprint density at radius 3 is 2.52 bits per heavy atom. The van der Waals surface area contributed by atoms with Crippen LogP contribution in [0.25, 0.3) is 0 Å². The lowest BCUT2D eigenvalue weighted by molar-refractivity contribution is -0.148. The summed E-state index contributed by atoms with van der Waals surface area (Å²) in [6, 6.07) is 5.44. The predicted octanol–water partition coefficient (Wildman–Crippen LogP) is 1.55. The number of amides is 2. The van der Waals surface area contributed by atoms with Crippen LogP contribution in [0, 0.1) is 11.7 Å². The van der Waals surface area contributed by atoms with Gasteiger partial charge in [-0.2, -0.15) is 0 Å². The van der Waals surface area contributed by atoms with E-state index in [1.807, 2.05) is 0 Å². The van der Waals surface area contributed by atoms with Crippen molar-refractivity contribution < 1.29 is 23.9 Å². The first kappa shape index (κ1) is 16.9. The van der Waals surface area contributed by atoms with Gasteiger partial charge in [-0.15, -0.1) is 0 Å². The standard InChI is InChI=1S/C16H19FN2O4/c1-3-16(2,15(22)23)18-13(20)12-8-9-19(14(12)21)11-6-4-10(17)5-7-11/h4-7,12H,3,8-9H2,1-2H3,(H,18,20)(H,22,23). The third kappa shape index (κ3) is 3.33. The van der Waals surface area contributed by atoms with Gasteiger partial charge in [0.05, 0.1) is 0 Å². The van der Waals surface area contributed by atoms with Crippen molar-refractivity contribution in [1.29, 1.82) is 0 Å². The van der Waals surface area contributed by atoms with Crippen molar-refractivity contribution in [3.05, 3.63) is 30.1 Å². The molecule has 7 heteroatoms. The number of carboxylic acid groups (broad SMARTS) is 1. The number of carbonyl (C=O) groups is 3. The first-order valence-corrected chi connectivity index (χ1v) is 7.41. The molecule has 1 fully saturated rings. The van der Waals surface area contributed by atoms with Gasteiger partial charge < -0.3 is 15.3 Å². The summed E-state index contributed by atoms with van der Waals surface area (Å²) in [6.45, 7) is 3.39. The van der Waals surface area contributed by atoms with E-state index in [9.17, 15) is 23.9 Å². The van der Waals surface area contributed by atoms with Gasteiger partial charge in [-0.3, -0.25) is 9.59 Å². The highest BCUT2D eigenvalue weighted by molar-refractivity contribution is 6.10. The Labute approximate surface area is 133 Å². The third-order valence-electron chi connectivity index (χ3n) is 4.24. The number of benzene rings is 1. The van der Waals surface area contributed by atoms with Gasteiger partial charge in [-0.25, -0.2) is 9.18 Å². The molecule has 6 nitrogen and oxygen atoms in total. The summed E-state index contributed by atoms with van der Waals surface area (Å²) in [5.41, 5.74) is -0.885. The minimum atomic E-state index is -1.40. The molecule has 2 amide bonds. The van der Waals surface area contributed by atoms with E-state index >= 15 is 0 Å². The van der Waals surface area contributed by atoms with Gasteiger partial charge in [0.25, 0.3) is 0 Å². The van der Waals surface area contributed by atoms with Crippen LogP contribution in [0.3, 0.4) is 0 Å². The van der Waals surface area contributed by atoms with Crippen molar-refractivity contribution >= 4 is 23.5 Å². The number of hydrogen-bond donors (Lipinski definition) is 2. The molecular weight excluding hydrogens is 303 g/mol. The van der Waals surface area contributed by atoms with E-state index in [4.69, 9.17) is 0 Å². The van der Waals surface area contributed by atoms with Gasteiger partial charge in [-0.05, 0) is 44.0 Å². The second-order valence-corrected chi connectivity index (χ2v) is 5.79. The first-order valence-electron chi connectivity index (χ1n) is 7.41. The largest absolute Gasteiger partial charge is 0.480 e. The van der Waals surface area contributed by atoms with Gasteiger partial charge in [0.2, 0.25) is 11.8 Å². The molecule has 0 aromatic heterocycles. The van der Waals surface area contributed by atoms with Crippen LogP contribution < -0.4 is 10.2 Å². The summed E-state index contributed by atoms with van der Waals surface area (Å²) in [5, 5.41) is 11.7. The Morgan fingerprint density at radius 2 is 2.00 bits per heavy atom. The summed E-state index contributed by atoms with van der Waals surface area (Å²) in [6.07, 6.45) is 0.498. The molecule has 2 atom stereocenters. The lowest BCUT2D eigenvalue weighted by atomic mass is 9.97. The van der Waals surface area contributed by atoms with Crippen LogP contribution in [0.5, 0.6) is 0 Å². The molecule has 0 saturated carbocycles. The number of hydrogen-bond acceptors (Lipinski definition) is 3. The van der Waals surface area contributed by atoms with Gasteiger partial charge >= 0.3 is 5.97 Å². The van der Waals surface area contributed by atoms with E-state index in [-0.39, 0.29) is 6.42 Å². The maximum absolute atomic E-state index is 13.0. The molecule has 0 radical (unpaired) electrons. The SMILES string of the molecule is CCC(C)(NC(=O)C1CCN(c2ccc(F)cc2)C1=O)C(=O)O. The molecule has 23 heavy (non-hydrogen) atoms. The van der Waals surface area contributed by atoms with E-state index < -0.39 is 35.1 Å². The van der Waals surface area contributed by atoms with Gasteiger partial charge in [0.1, 0.15) is 17.3 Å². The summed E-state index contributed by atoms with van der Waals surface area (Å²) >= 11 is 0. The van der Waals surface area contributed by atoms with Crippen LogP contribution in [0.15, 0.2) is 24.3 Å². The van der Waals surface area contributed by atoms with Crippen LogP contribution in [-0.4, -0.2) is 35.0 Å². The number of halogens is 1. The highest BCUT2D eigenvalue weighted by Crippen LogP contribution is 2.26. The molecule has 0 aliphatic carbocycles. The van der Waals surface area contributed by atoms with Crippen molar-refractivity contribution in [3.8, 4) is 0 Å². The topological polar surface area (TPSA) is 86.7 Å². The molecule has 0 spiro atoms. The Balaban J connectivity index is 2.11. The maximum Gasteiger partial charge on any atom is 0.329 e. The number of nitrogens with one attached hydrogen (secondary N) is 1. The molecule has 1 aromatic carbocycles. The number of aliphatic carboxylic acids is 1. The fourth-order valence-corrected chi connectivity index (χ4v) is 2.45. The van der Waals surface area contributed by atoms with Crippen LogP contribution in [0.2, 0.25) is 0 Å². The van der Waals surface area contributed by atoms with Crippen molar-refractivity contribution in [1.82, 2.24) is 5.32 Å². The summed E-state index contributed by atoms with van der Waals surface area (Å²) < 4.78 is 13.0. The average Bonchev–Trinajstić information content (AvgIpc) is 2.89. The quantitative estimate of drug-likeness (QED) is 0.805. The van der Waals surface area contributed by atoms with E-state index in [1.54, 1.807) is 6.92 Å². The minimum Gasteiger partial charge on any atom is -0.480 e. The average molecular weight is 322 g/mol.